The number of aromatic nitrogens is 1. The molecule has 2 aromatic rings. The van der Waals surface area contributed by atoms with Gasteiger partial charge in [-0.15, -0.1) is 0 Å². The summed E-state index contributed by atoms with van der Waals surface area (Å²) in [7, 11) is 1.77. The summed E-state index contributed by atoms with van der Waals surface area (Å²) in [5.41, 5.74) is 2.82. The molecule has 1 amide bonds. The highest BCUT2D eigenvalue weighted by molar-refractivity contribution is 5.78. The zero-order valence-corrected chi connectivity index (χ0v) is 11.7. The highest BCUT2D eigenvalue weighted by atomic mass is 16.3. The lowest BCUT2D eigenvalue weighted by atomic mass is 10.1. The standard InChI is InChI=1S/C16H18N2O2/c1-12-4-3-9-17-15(12)10-16(20)18(2)11-13-5-7-14(19)8-6-13/h3-9,19H,10-11H2,1-2H3. The molecule has 4 nitrogen and oxygen atoms in total. The molecule has 4 heteroatoms. The van der Waals surface area contributed by atoms with E-state index in [0.29, 0.717) is 13.0 Å². The van der Waals surface area contributed by atoms with E-state index in [4.69, 9.17) is 0 Å². The van der Waals surface area contributed by atoms with Gasteiger partial charge in [0.25, 0.3) is 0 Å². The topological polar surface area (TPSA) is 53.4 Å². The van der Waals surface area contributed by atoms with Gasteiger partial charge in [0.2, 0.25) is 5.91 Å². The number of phenolic OH excluding ortho intramolecular Hbond substituents is 1. The molecule has 1 aromatic heterocycles. The second-order valence-corrected chi connectivity index (χ2v) is 4.86. The van der Waals surface area contributed by atoms with Gasteiger partial charge in [-0.05, 0) is 36.2 Å². The molecule has 0 radical (unpaired) electrons. The monoisotopic (exact) mass is 270 g/mol. The Labute approximate surface area is 118 Å². The fourth-order valence-corrected chi connectivity index (χ4v) is 1.95. The summed E-state index contributed by atoms with van der Waals surface area (Å²) < 4.78 is 0. The average molecular weight is 270 g/mol. The average Bonchev–Trinajstić information content (AvgIpc) is 2.44. The van der Waals surface area contributed by atoms with Crippen LogP contribution in [-0.2, 0) is 17.8 Å². The van der Waals surface area contributed by atoms with Crippen LogP contribution in [0.25, 0.3) is 0 Å². The van der Waals surface area contributed by atoms with E-state index in [-0.39, 0.29) is 11.7 Å². The van der Waals surface area contributed by atoms with Gasteiger partial charge in [0, 0.05) is 19.8 Å². The third-order valence-electron chi connectivity index (χ3n) is 3.22. The summed E-state index contributed by atoms with van der Waals surface area (Å²) in [5.74, 6) is 0.256. The van der Waals surface area contributed by atoms with Crippen molar-refractivity contribution in [1.82, 2.24) is 9.88 Å². The zero-order valence-electron chi connectivity index (χ0n) is 11.7. The van der Waals surface area contributed by atoms with Crippen LogP contribution in [0.2, 0.25) is 0 Å². The van der Waals surface area contributed by atoms with Crippen LogP contribution in [0.4, 0.5) is 0 Å². The van der Waals surface area contributed by atoms with Crippen LogP contribution >= 0.6 is 0 Å². The minimum atomic E-state index is 0.0277. The summed E-state index contributed by atoms with van der Waals surface area (Å²) >= 11 is 0. The lowest BCUT2D eigenvalue weighted by Crippen LogP contribution is -2.28. The molecule has 2 rings (SSSR count). The number of carbonyl (C=O) groups excluding carboxylic acids is 1. The van der Waals surface area contributed by atoms with Gasteiger partial charge in [-0.3, -0.25) is 9.78 Å². The summed E-state index contributed by atoms with van der Waals surface area (Å²) in [5, 5.41) is 9.24. The molecule has 1 aromatic carbocycles. The van der Waals surface area contributed by atoms with E-state index in [2.05, 4.69) is 4.98 Å². The number of nitrogens with zero attached hydrogens (tertiary/aromatic N) is 2. The van der Waals surface area contributed by atoms with Gasteiger partial charge < -0.3 is 10.0 Å². The Bertz CT molecular complexity index is 594. The largest absolute Gasteiger partial charge is 0.508 e. The third-order valence-corrected chi connectivity index (χ3v) is 3.22. The Morgan fingerprint density at radius 1 is 1.25 bits per heavy atom. The highest BCUT2D eigenvalue weighted by Gasteiger charge is 2.12. The van der Waals surface area contributed by atoms with Crippen LogP contribution < -0.4 is 0 Å². The molecular weight excluding hydrogens is 252 g/mol. The maximum absolute atomic E-state index is 12.2. The molecule has 0 aliphatic carbocycles. The number of phenols is 1. The minimum Gasteiger partial charge on any atom is -0.508 e. The van der Waals surface area contributed by atoms with E-state index in [1.807, 2.05) is 31.2 Å². The van der Waals surface area contributed by atoms with Crippen molar-refractivity contribution in [2.75, 3.05) is 7.05 Å². The van der Waals surface area contributed by atoms with Crippen molar-refractivity contribution in [3.05, 3.63) is 59.4 Å². The van der Waals surface area contributed by atoms with Crippen molar-refractivity contribution >= 4 is 5.91 Å². The molecule has 0 spiro atoms. The van der Waals surface area contributed by atoms with Gasteiger partial charge in [0.15, 0.2) is 0 Å². The van der Waals surface area contributed by atoms with E-state index in [0.717, 1.165) is 16.8 Å². The van der Waals surface area contributed by atoms with Gasteiger partial charge in [-0.2, -0.15) is 0 Å². The fourth-order valence-electron chi connectivity index (χ4n) is 1.95. The summed E-state index contributed by atoms with van der Waals surface area (Å²) in [6.45, 7) is 2.47. The van der Waals surface area contributed by atoms with Crippen LogP contribution in [0, 0.1) is 6.92 Å². The smallest absolute Gasteiger partial charge is 0.228 e. The van der Waals surface area contributed by atoms with Crippen LogP contribution in [0.15, 0.2) is 42.6 Å². The first-order valence-corrected chi connectivity index (χ1v) is 6.48. The quantitative estimate of drug-likeness (QED) is 0.927. The molecular formula is C16H18N2O2. The van der Waals surface area contributed by atoms with E-state index >= 15 is 0 Å². The molecule has 0 saturated heterocycles. The van der Waals surface area contributed by atoms with Gasteiger partial charge >= 0.3 is 0 Å². The molecule has 0 saturated carbocycles. The number of benzene rings is 1. The summed E-state index contributed by atoms with van der Waals surface area (Å²) in [6, 6.07) is 10.7. The van der Waals surface area contributed by atoms with Crippen molar-refractivity contribution in [3.63, 3.8) is 0 Å². The highest BCUT2D eigenvalue weighted by Crippen LogP contribution is 2.12. The summed E-state index contributed by atoms with van der Waals surface area (Å²) in [4.78, 5) is 18.1. The number of aryl methyl sites for hydroxylation is 1. The maximum atomic E-state index is 12.2. The number of rotatable bonds is 4. The van der Waals surface area contributed by atoms with Gasteiger partial charge in [0.1, 0.15) is 5.75 Å². The lowest BCUT2D eigenvalue weighted by Gasteiger charge is -2.17. The summed E-state index contributed by atoms with van der Waals surface area (Å²) in [6.07, 6.45) is 2.01. The number of likely N-dealkylation sites (N-methyl/N-ethyl adjacent to an activating group) is 1. The second kappa shape index (κ2) is 6.19. The number of aromatic hydroxyl groups is 1. The molecule has 104 valence electrons. The van der Waals surface area contributed by atoms with Crippen LogP contribution in [-0.4, -0.2) is 27.9 Å². The van der Waals surface area contributed by atoms with Gasteiger partial charge in [0.05, 0.1) is 12.1 Å². The molecule has 0 fully saturated rings. The van der Waals surface area contributed by atoms with Gasteiger partial charge in [-0.25, -0.2) is 0 Å². The second-order valence-electron chi connectivity index (χ2n) is 4.86. The van der Waals surface area contributed by atoms with Gasteiger partial charge in [-0.1, -0.05) is 18.2 Å². The Hall–Kier alpha value is -2.36. The van der Waals surface area contributed by atoms with Crippen molar-refractivity contribution in [3.8, 4) is 5.75 Å². The molecule has 0 atom stereocenters. The van der Waals surface area contributed by atoms with Crippen molar-refractivity contribution in [2.24, 2.45) is 0 Å². The van der Waals surface area contributed by atoms with Crippen molar-refractivity contribution in [1.29, 1.82) is 0 Å². The first-order chi connectivity index (χ1) is 9.56. The van der Waals surface area contributed by atoms with Crippen LogP contribution in [0.1, 0.15) is 16.8 Å². The third kappa shape index (κ3) is 3.57. The van der Waals surface area contributed by atoms with Crippen molar-refractivity contribution in [2.45, 2.75) is 19.9 Å². The number of hydrogen-bond acceptors (Lipinski definition) is 3. The minimum absolute atomic E-state index is 0.0277. The van der Waals surface area contributed by atoms with Crippen LogP contribution in [0.3, 0.4) is 0 Å². The number of carbonyl (C=O) groups is 1. The molecule has 1 heterocycles. The van der Waals surface area contributed by atoms with E-state index in [9.17, 15) is 9.90 Å². The zero-order chi connectivity index (χ0) is 14.5. The first-order valence-electron chi connectivity index (χ1n) is 6.48. The van der Waals surface area contributed by atoms with E-state index in [1.165, 1.54) is 0 Å². The maximum Gasteiger partial charge on any atom is 0.228 e. The molecule has 0 bridgehead atoms. The van der Waals surface area contributed by atoms with E-state index in [1.54, 1.807) is 30.3 Å². The van der Waals surface area contributed by atoms with Crippen LogP contribution in [0.5, 0.6) is 5.75 Å². The van der Waals surface area contributed by atoms with E-state index < -0.39 is 0 Å². The number of hydrogen-bond donors (Lipinski definition) is 1. The fraction of sp³-hybridized carbons (Fsp3) is 0.250. The predicted molar refractivity (Wildman–Crippen MR) is 77.3 cm³/mol. The lowest BCUT2D eigenvalue weighted by molar-refractivity contribution is -0.129. The molecule has 20 heavy (non-hydrogen) atoms. The number of amides is 1. The Balaban J connectivity index is 1.99. The normalized spacial score (nSPS) is 10.3. The molecule has 0 aliphatic rings. The molecule has 0 unspecified atom stereocenters. The predicted octanol–water partition coefficient (Wildman–Crippen LogP) is 2.30. The first kappa shape index (κ1) is 14.1. The SMILES string of the molecule is Cc1cccnc1CC(=O)N(C)Cc1ccc(O)cc1. The molecule has 0 aliphatic heterocycles. The Morgan fingerprint density at radius 3 is 2.60 bits per heavy atom. The number of pyridine rings is 1. The Morgan fingerprint density at radius 2 is 1.95 bits per heavy atom. The Kier molecular flexibility index (Phi) is 4.35. The molecule has 1 N–H and O–H groups in total. The van der Waals surface area contributed by atoms with Crippen molar-refractivity contribution < 1.29 is 9.90 Å².